The zero-order valence-electron chi connectivity index (χ0n) is 10.5. The number of nitrogens with zero attached hydrogens (tertiary/aromatic N) is 1. The van der Waals surface area contributed by atoms with Crippen LogP contribution in [0.4, 0.5) is 13.2 Å². The van der Waals surface area contributed by atoms with E-state index in [4.69, 9.17) is 0 Å². The smallest absolute Gasteiger partial charge is 0.303 e. The first-order valence-corrected chi connectivity index (χ1v) is 6.07. The number of alkyl halides is 3. The molecule has 0 unspecified atom stereocenters. The lowest BCUT2D eigenvalue weighted by atomic mass is 10.0. The number of aromatic nitrogens is 1. The highest BCUT2D eigenvalue weighted by Crippen LogP contribution is 2.29. The van der Waals surface area contributed by atoms with Crippen LogP contribution in [0.1, 0.15) is 17.7 Å². The molecule has 0 spiro atoms. The summed E-state index contributed by atoms with van der Waals surface area (Å²) in [6, 6.07) is 9.71. The zero-order chi connectivity index (χ0) is 14.6. The molecule has 0 saturated carbocycles. The van der Waals surface area contributed by atoms with Crippen molar-refractivity contribution in [1.82, 2.24) is 4.98 Å². The van der Waals surface area contributed by atoms with Crippen molar-refractivity contribution in [2.75, 3.05) is 0 Å². The number of benzene rings is 1. The molecule has 0 aliphatic carbocycles. The first kappa shape index (κ1) is 14.2. The Morgan fingerprint density at radius 1 is 1.10 bits per heavy atom. The molecular weight excluding hydrogens is 267 g/mol. The highest BCUT2D eigenvalue weighted by Gasteiger charge is 2.32. The summed E-state index contributed by atoms with van der Waals surface area (Å²) in [5.74, 6) is 0. The van der Waals surface area contributed by atoms with Crippen molar-refractivity contribution in [2.24, 2.45) is 0 Å². The molecule has 0 N–H and O–H groups in total. The van der Waals surface area contributed by atoms with E-state index in [1.807, 2.05) is 18.2 Å². The Hall–Kier alpha value is -2.17. The van der Waals surface area contributed by atoms with Crippen LogP contribution in [0, 0.1) is 0 Å². The molecule has 1 aromatic carbocycles. The summed E-state index contributed by atoms with van der Waals surface area (Å²) in [5, 5.41) is 0. The predicted octanol–water partition coefficient (Wildman–Crippen LogP) is 3.90. The van der Waals surface area contributed by atoms with Gasteiger partial charge in [0.15, 0.2) is 0 Å². The van der Waals surface area contributed by atoms with Gasteiger partial charge in [0.1, 0.15) is 12.0 Å². The summed E-state index contributed by atoms with van der Waals surface area (Å²) in [6.45, 7) is 0. The first-order valence-electron chi connectivity index (χ1n) is 6.07. The molecule has 1 heterocycles. The van der Waals surface area contributed by atoms with Crippen LogP contribution >= 0.6 is 0 Å². The lowest BCUT2D eigenvalue weighted by Gasteiger charge is -2.07. The van der Waals surface area contributed by atoms with E-state index < -0.39 is 11.9 Å². The summed E-state index contributed by atoms with van der Waals surface area (Å²) in [6.07, 6.45) is -1.33. The molecule has 0 bridgehead atoms. The van der Waals surface area contributed by atoms with Gasteiger partial charge < -0.3 is 4.79 Å². The van der Waals surface area contributed by atoms with Gasteiger partial charge >= 0.3 is 6.18 Å². The van der Waals surface area contributed by atoms with Gasteiger partial charge in [-0.15, -0.1) is 0 Å². The van der Waals surface area contributed by atoms with Gasteiger partial charge in [0, 0.05) is 18.2 Å². The number of aldehydes is 1. The second-order valence-corrected chi connectivity index (χ2v) is 4.34. The average molecular weight is 279 g/mol. The summed E-state index contributed by atoms with van der Waals surface area (Å²) in [4.78, 5) is 13.8. The number of halogens is 3. The summed E-state index contributed by atoms with van der Waals surface area (Å²) in [7, 11) is 0. The van der Waals surface area contributed by atoms with Gasteiger partial charge in [-0.3, -0.25) is 4.98 Å². The van der Waals surface area contributed by atoms with Gasteiger partial charge in [0.2, 0.25) is 0 Å². The van der Waals surface area contributed by atoms with E-state index in [1.54, 1.807) is 6.07 Å². The average Bonchev–Trinajstić information content (AvgIpc) is 2.45. The number of carbonyl (C=O) groups is 1. The van der Waals surface area contributed by atoms with Gasteiger partial charge in [-0.05, 0) is 23.6 Å². The molecule has 0 amide bonds. The number of pyridine rings is 1. The van der Waals surface area contributed by atoms with E-state index in [0.29, 0.717) is 18.4 Å². The number of hydrogen-bond acceptors (Lipinski definition) is 2. The Morgan fingerprint density at radius 3 is 2.50 bits per heavy atom. The normalized spacial score (nSPS) is 11.3. The Bertz CT molecular complexity index is 591. The third-order valence-electron chi connectivity index (χ3n) is 2.87. The van der Waals surface area contributed by atoms with Crippen LogP contribution in [0.15, 0.2) is 42.6 Å². The molecule has 2 aromatic rings. The molecule has 2 nitrogen and oxygen atoms in total. The van der Waals surface area contributed by atoms with Crippen molar-refractivity contribution >= 4 is 6.29 Å². The Balaban J connectivity index is 2.25. The van der Waals surface area contributed by atoms with Crippen LogP contribution < -0.4 is 0 Å². The van der Waals surface area contributed by atoms with E-state index in [-0.39, 0.29) is 0 Å². The summed E-state index contributed by atoms with van der Waals surface area (Å²) >= 11 is 0. The molecular formula is C15H12F3NO. The van der Waals surface area contributed by atoms with Crippen LogP contribution in [0.5, 0.6) is 0 Å². The lowest BCUT2D eigenvalue weighted by molar-refractivity contribution is -0.141. The van der Waals surface area contributed by atoms with Crippen molar-refractivity contribution in [3.8, 4) is 11.1 Å². The van der Waals surface area contributed by atoms with Crippen molar-refractivity contribution in [2.45, 2.75) is 19.0 Å². The molecule has 0 aliphatic rings. The van der Waals surface area contributed by atoms with Crippen LogP contribution in [0.3, 0.4) is 0 Å². The summed E-state index contributed by atoms with van der Waals surface area (Å²) in [5.41, 5.74) is 1.47. The van der Waals surface area contributed by atoms with Crippen LogP contribution in [0.25, 0.3) is 11.1 Å². The molecule has 2 rings (SSSR count). The minimum atomic E-state index is -4.43. The van der Waals surface area contributed by atoms with Gasteiger partial charge in [0.05, 0.1) is 0 Å². The molecule has 0 saturated heterocycles. The minimum absolute atomic E-state index is 0.425. The maximum Gasteiger partial charge on any atom is 0.433 e. The standard InChI is InChI=1S/C15H12F3NO/c16-15(17,18)14-7-6-13(10-19-14)12-5-1-3-11(9-12)4-2-8-20/h1,3,5-10H,2,4H2. The number of rotatable bonds is 4. The predicted molar refractivity (Wildman–Crippen MR) is 69.1 cm³/mol. The van der Waals surface area contributed by atoms with Crippen LogP contribution in [-0.2, 0) is 17.4 Å². The molecule has 0 aliphatic heterocycles. The second kappa shape index (κ2) is 5.86. The topological polar surface area (TPSA) is 30.0 Å². The van der Waals surface area contributed by atoms with E-state index in [1.165, 1.54) is 12.3 Å². The highest BCUT2D eigenvalue weighted by atomic mass is 19.4. The third kappa shape index (κ3) is 3.44. The SMILES string of the molecule is O=CCCc1cccc(-c2ccc(C(F)(F)F)nc2)c1. The molecule has 0 atom stereocenters. The third-order valence-corrected chi connectivity index (χ3v) is 2.87. The fourth-order valence-electron chi connectivity index (χ4n) is 1.86. The maximum absolute atomic E-state index is 12.4. The van der Waals surface area contributed by atoms with Crippen molar-refractivity contribution < 1.29 is 18.0 Å². The van der Waals surface area contributed by atoms with Crippen LogP contribution in [0.2, 0.25) is 0 Å². The van der Waals surface area contributed by atoms with E-state index >= 15 is 0 Å². The van der Waals surface area contributed by atoms with Crippen molar-refractivity contribution in [3.05, 3.63) is 53.9 Å². The lowest BCUT2D eigenvalue weighted by Crippen LogP contribution is -2.07. The number of hydrogen-bond donors (Lipinski definition) is 0. The number of carbonyl (C=O) groups excluding carboxylic acids is 1. The van der Waals surface area contributed by atoms with Gasteiger partial charge in [0.25, 0.3) is 0 Å². The fraction of sp³-hybridized carbons (Fsp3) is 0.200. The molecule has 0 fully saturated rings. The Morgan fingerprint density at radius 2 is 1.90 bits per heavy atom. The van der Waals surface area contributed by atoms with Gasteiger partial charge in [-0.2, -0.15) is 13.2 Å². The quantitative estimate of drug-likeness (QED) is 0.794. The Kier molecular flexibility index (Phi) is 4.17. The fourth-order valence-corrected chi connectivity index (χ4v) is 1.86. The highest BCUT2D eigenvalue weighted by molar-refractivity contribution is 5.63. The largest absolute Gasteiger partial charge is 0.433 e. The zero-order valence-corrected chi connectivity index (χ0v) is 10.5. The number of aryl methyl sites for hydroxylation is 1. The van der Waals surface area contributed by atoms with Crippen molar-refractivity contribution in [3.63, 3.8) is 0 Å². The van der Waals surface area contributed by atoms with Gasteiger partial charge in [-0.25, -0.2) is 0 Å². The molecule has 1 aromatic heterocycles. The van der Waals surface area contributed by atoms with E-state index in [0.717, 1.165) is 23.5 Å². The molecule has 20 heavy (non-hydrogen) atoms. The Labute approximate surface area is 114 Å². The molecule has 5 heteroatoms. The summed E-state index contributed by atoms with van der Waals surface area (Å²) < 4.78 is 37.3. The van der Waals surface area contributed by atoms with Gasteiger partial charge in [-0.1, -0.05) is 30.3 Å². The second-order valence-electron chi connectivity index (χ2n) is 4.34. The molecule has 104 valence electrons. The first-order chi connectivity index (χ1) is 9.50. The van der Waals surface area contributed by atoms with Crippen LogP contribution in [-0.4, -0.2) is 11.3 Å². The van der Waals surface area contributed by atoms with E-state index in [9.17, 15) is 18.0 Å². The van der Waals surface area contributed by atoms with E-state index in [2.05, 4.69) is 4.98 Å². The molecule has 0 radical (unpaired) electrons. The maximum atomic E-state index is 12.4. The van der Waals surface area contributed by atoms with Crippen molar-refractivity contribution in [1.29, 1.82) is 0 Å². The minimum Gasteiger partial charge on any atom is -0.303 e. The monoisotopic (exact) mass is 279 g/mol.